The van der Waals surface area contributed by atoms with Crippen LogP contribution in [0.5, 0.6) is 0 Å². The molecule has 31 heavy (non-hydrogen) atoms. The van der Waals surface area contributed by atoms with E-state index in [4.69, 9.17) is 0 Å². The Labute approximate surface area is 190 Å². The highest BCUT2D eigenvalue weighted by Gasteiger charge is 2.41. The first-order chi connectivity index (χ1) is 14.5. The zero-order valence-electron chi connectivity index (χ0n) is 18.6. The van der Waals surface area contributed by atoms with Crippen molar-refractivity contribution in [1.82, 2.24) is 10.2 Å². The smallest absolute Gasteiger partial charge is 0.246 e. The monoisotopic (exact) mass is 467 g/mol. The Balaban J connectivity index is 1.97. The molecular weight excluding hydrogens is 434 g/mol. The summed E-state index contributed by atoms with van der Waals surface area (Å²) in [5.41, 5.74) is 2.40. The van der Waals surface area contributed by atoms with Gasteiger partial charge in [0.1, 0.15) is 6.04 Å². The zero-order valence-corrected chi connectivity index (χ0v) is 20.3. The molecule has 9 heteroatoms. The molecule has 0 aromatic heterocycles. The van der Waals surface area contributed by atoms with Gasteiger partial charge in [-0.15, -0.1) is 0 Å². The summed E-state index contributed by atoms with van der Waals surface area (Å²) in [5.74, 6) is -0.206. The van der Waals surface area contributed by atoms with Gasteiger partial charge in [0.15, 0.2) is 0 Å². The van der Waals surface area contributed by atoms with Gasteiger partial charge < -0.3 is 10.2 Å². The molecule has 1 fully saturated rings. The first-order valence-electron chi connectivity index (χ1n) is 10.9. The number of carbonyl (C=O) groups is 2. The number of hydrogen-bond donors (Lipinski definition) is 3. The van der Waals surface area contributed by atoms with Gasteiger partial charge in [-0.2, -0.15) is 12.6 Å². The highest BCUT2D eigenvalue weighted by atomic mass is 32.2. The summed E-state index contributed by atoms with van der Waals surface area (Å²) in [4.78, 5) is 28.2. The van der Waals surface area contributed by atoms with Crippen LogP contribution in [0, 0.1) is 5.92 Å². The molecule has 2 heterocycles. The lowest BCUT2D eigenvalue weighted by atomic mass is 9.89. The van der Waals surface area contributed by atoms with Crippen LogP contribution < -0.4 is 10.0 Å². The van der Waals surface area contributed by atoms with Crippen LogP contribution in [0.15, 0.2) is 18.2 Å². The molecule has 2 aliphatic rings. The van der Waals surface area contributed by atoms with Gasteiger partial charge in [-0.1, -0.05) is 26.3 Å². The molecular formula is C22H33N3O4S2. The normalized spacial score (nSPS) is 25.6. The maximum atomic E-state index is 13.5. The van der Waals surface area contributed by atoms with Crippen LogP contribution in [0.1, 0.15) is 63.6 Å². The molecule has 1 aromatic carbocycles. The molecule has 0 spiro atoms. The van der Waals surface area contributed by atoms with Crippen LogP contribution in [0.3, 0.4) is 0 Å². The van der Waals surface area contributed by atoms with E-state index in [-0.39, 0.29) is 29.8 Å². The second-order valence-electron chi connectivity index (χ2n) is 8.92. The molecule has 0 radical (unpaired) electrons. The third-order valence-corrected chi connectivity index (χ3v) is 7.81. The van der Waals surface area contributed by atoms with Crippen molar-refractivity contribution in [3.8, 4) is 0 Å². The highest BCUT2D eigenvalue weighted by Crippen LogP contribution is 2.40. The third kappa shape index (κ3) is 5.37. The van der Waals surface area contributed by atoms with E-state index in [9.17, 15) is 18.0 Å². The molecule has 0 unspecified atom stereocenters. The van der Waals surface area contributed by atoms with Gasteiger partial charge in [-0.25, -0.2) is 8.42 Å². The van der Waals surface area contributed by atoms with E-state index in [1.165, 1.54) is 0 Å². The number of benzene rings is 1. The van der Waals surface area contributed by atoms with Gasteiger partial charge in [-0.3, -0.25) is 14.3 Å². The van der Waals surface area contributed by atoms with Gasteiger partial charge in [0.2, 0.25) is 21.8 Å². The molecule has 7 nitrogen and oxygen atoms in total. The number of nitrogens with one attached hydrogen (secondary N) is 2. The minimum Gasteiger partial charge on any atom is -0.343 e. The summed E-state index contributed by atoms with van der Waals surface area (Å²) >= 11 is 4.47. The number of carbonyl (C=O) groups excluding carboxylic acids is 2. The molecule has 2 N–H and O–H groups in total. The SMILES string of the molecule is CC[C@H](C)[C@H](S)C(=O)N[C@H]1Cc2ccc(NS(C)(=O)=O)cc2[C@H]2CCC[C@@H](C)N2C1=O. The van der Waals surface area contributed by atoms with Crippen molar-refractivity contribution in [2.45, 2.75) is 76.3 Å². The molecule has 0 aliphatic carbocycles. The van der Waals surface area contributed by atoms with E-state index in [0.29, 0.717) is 12.1 Å². The van der Waals surface area contributed by atoms with E-state index < -0.39 is 21.3 Å². The number of fused-ring (bicyclic) bond motifs is 3. The number of nitrogens with zero attached hydrogens (tertiary/aromatic N) is 1. The summed E-state index contributed by atoms with van der Waals surface area (Å²) in [7, 11) is -3.41. The first kappa shape index (κ1) is 23.9. The lowest BCUT2D eigenvalue weighted by Crippen LogP contribution is -2.54. The molecule has 5 atom stereocenters. The van der Waals surface area contributed by atoms with Crippen LogP contribution in [0.25, 0.3) is 0 Å². The predicted molar refractivity (Wildman–Crippen MR) is 126 cm³/mol. The van der Waals surface area contributed by atoms with Gasteiger partial charge >= 0.3 is 0 Å². The molecule has 2 aliphatic heterocycles. The van der Waals surface area contributed by atoms with Crippen molar-refractivity contribution < 1.29 is 18.0 Å². The van der Waals surface area contributed by atoms with Gasteiger partial charge in [0, 0.05) is 18.2 Å². The molecule has 3 rings (SSSR count). The van der Waals surface area contributed by atoms with Crippen molar-refractivity contribution >= 4 is 40.2 Å². The molecule has 2 amide bonds. The number of sulfonamides is 1. The Morgan fingerprint density at radius 3 is 2.68 bits per heavy atom. The quantitative estimate of drug-likeness (QED) is 0.561. The molecule has 0 saturated carbocycles. The number of piperidine rings is 1. The average Bonchev–Trinajstić information content (AvgIpc) is 2.81. The lowest BCUT2D eigenvalue weighted by molar-refractivity contribution is -0.142. The zero-order chi connectivity index (χ0) is 22.9. The fourth-order valence-electron chi connectivity index (χ4n) is 4.58. The maximum Gasteiger partial charge on any atom is 0.246 e. The van der Waals surface area contributed by atoms with Crippen molar-refractivity contribution in [2.24, 2.45) is 5.92 Å². The fourth-order valence-corrected chi connectivity index (χ4v) is 5.42. The number of amides is 2. The van der Waals surface area contributed by atoms with E-state index in [1.54, 1.807) is 6.07 Å². The van der Waals surface area contributed by atoms with Crippen LogP contribution in [0.2, 0.25) is 0 Å². The van der Waals surface area contributed by atoms with Crippen LogP contribution in [0.4, 0.5) is 5.69 Å². The number of rotatable bonds is 6. The Bertz CT molecular complexity index is 950. The van der Waals surface area contributed by atoms with E-state index in [0.717, 1.165) is 43.1 Å². The van der Waals surface area contributed by atoms with Gasteiger partial charge in [-0.05, 0) is 55.4 Å². The van der Waals surface area contributed by atoms with Crippen molar-refractivity contribution in [3.05, 3.63) is 29.3 Å². The number of anilines is 1. The molecule has 1 aromatic rings. The number of thiol groups is 1. The van der Waals surface area contributed by atoms with Crippen molar-refractivity contribution in [3.63, 3.8) is 0 Å². The molecule has 1 saturated heterocycles. The largest absolute Gasteiger partial charge is 0.343 e. The van der Waals surface area contributed by atoms with E-state index in [1.807, 2.05) is 37.8 Å². The van der Waals surface area contributed by atoms with Crippen LogP contribution in [-0.4, -0.2) is 48.7 Å². The second kappa shape index (κ2) is 9.40. The molecule has 0 bridgehead atoms. The van der Waals surface area contributed by atoms with E-state index >= 15 is 0 Å². The summed E-state index contributed by atoms with van der Waals surface area (Å²) in [6.45, 7) is 6.02. The maximum absolute atomic E-state index is 13.5. The average molecular weight is 468 g/mol. The van der Waals surface area contributed by atoms with Crippen LogP contribution in [-0.2, 0) is 26.0 Å². The lowest BCUT2D eigenvalue weighted by Gasteiger charge is -2.41. The van der Waals surface area contributed by atoms with Crippen LogP contribution >= 0.6 is 12.6 Å². The fraction of sp³-hybridized carbons (Fsp3) is 0.636. The van der Waals surface area contributed by atoms with Gasteiger partial charge in [0.25, 0.3) is 0 Å². The topological polar surface area (TPSA) is 95.6 Å². The Morgan fingerprint density at radius 1 is 1.32 bits per heavy atom. The summed E-state index contributed by atoms with van der Waals surface area (Å²) < 4.78 is 26.0. The second-order valence-corrected chi connectivity index (χ2v) is 11.2. The summed E-state index contributed by atoms with van der Waals surface area (Å²) in [6.07, 6.45) is 5.02. The Kier molecular flexibility index (Phi) is 7.25. The number of hydrogen-bond acceptors (Lipinski definition) is 5. The van der Waals surface area contributed by atoms with Crippen molar-refractivity contribution in [2.75, 3.05) is 11.0 Å². The Morgan fingerprint density at radius 2 is 2.03 bits per heavy atom. The Hall–Kier alpha value is -1.74. The highest BCUT2D eigenvalue weighted by molar-refractivity contribution is 7.92. The minimum atomic E-state index is -3.41. The van der Waals surface area contributed by atoms with Gasteiger partial charge in [0.05, 0.1) is 17.5 Å². The standard InChI is InChI=1S/C22H33N3O4S2/c1-5-13(2)20(30)21(26)23-18-11-15-9-10-16(24-31(4,28)29)12-17(15)19-8-6-7-14(3)25(19)22(18)27/h9-10,12-14,18-20,24,30H,5-8,11H2,1-4H3,(H,23,26)/t13-,14+,18-,19+,20-/m0/s1. The van der Waals surface area contributed by atoms with Crippen molar-refractivity contribution in [1.29, 1.82) is 0 Å². The molecule has 172 valence electrons. The predicted octanol–water partition coefficient (Wildman–Crippen LogP) is 2.89. The minimum absolute atomic E-state index is 0.0458. The van der Waals surface area contributed by atoms with E-state index in [2.05, 4.69) is 22.7 Å². The third-order valence-electron chi connectivity index (χ3n) is 6.46. The summed E-state index contributed by atoms with van der Waals surface area (Å²) in [6, 6.07) is 4.67. The summed E-state index contributed by atoms with van der Waals surface area (Å²) in [5, 5.41) is 2.48. The first-order valence-corrected chi connectivity index (χ1v) is 13.3.